The second-order valence-electron chi connectivity index (χ2n) is 3.09. The van der Waals surface area contributed by atoms with E-state index in [1.165, 1.54) is 5.56 Å². The molecule has 0 aliphatic carbocycles. The predicted molar refractivity (Wildman–Crippen MR) is 54.2 cm³/mol. The fraction of sp³-hybridized carbons (Fsp3) is 0.333. The fourth-order valence-electron chi connectivity index (χ4n) is 1.22. The van der Waals surface area contributed by atoms with Gasteiger partial charge in [-0.15, -0.1) is 12.3 Å². The topological polar surface area (TPSA) is 20.2 Å². The molecule has 68 valence electrons. The van der Waals surface area contributed by atoms with E-state index in [2.05, 4.69) is 18.1 Å². The number of terminal acetylenes is 1. The molecule has 0 bridgehead atoms. The maximum atomic E-state index is 9.37. The van der Waals surface area contributed by atoms with Gasteiger partial charge in [-0.3, -0.25) is 0 Å². The first kappa shape index (κ1) is 9.83. The van der Waals surface area contributed by atoms with Gasteiger partial charge in [-0.1, -0.05) is 30.3 Å². The SMILES string of the molecule is C#CC[C@@H](O)CCc1ccccc1. The van der Waals surface area contributed by atoms with Crippen molar-refractivity contribution in [3.63, 3.8) is 0 Å². The van der Waals surface area contributed by atoms with Crippen molar-refractivity contribution >= 4 is 0 Å². The molecule has 1 heteroatoms. The molecule has 1 aromatic carbocycles. The van der Waals surface area contributed by atoms with Gasteiger partial charge in [-0.2, -0.15) is 0 Å². The first-order valence-corrected chi connectivity index (χ1v) is 4.48. The lowest BCUT2D eigenvalue weighted by molar-refractivity contribution is 0.170. The third-order valence-corrected chi connectivity index (χ3v) is 1.96. The van der Waals surface area contributed by atoms with Crippen molar-refractivity contribution in [3.8, 4) is 12.3 Å². The standard InChI is InChI=1S/C12H14O/c1-2-6-12(13)10-9-11-7-4-3-5-8-11/h1,3-5,7-8,12-13H,6,9-10H2/t12-/m1/s1. The highest BCUT2D eigenvalue weighted by Gasteiger charge is 2.01. The van der Waals surface area contributed by atoms with Gasteiger partial charge in [0.15, 0.2) is 0 Å². The van der Waals surface area contributed by atoms with Crippen molar-refractivity contribution in [1.82, 2.24) is 0 Å². The van der Waals surface area contributed by atoms with Crippen LogP contribution in [0.3, 0.4) is 0 Å². The molecule has 1 rings (SSSR count). The summed E-state index contributed by atoms with van der Waals surface area (Å²) in [4.78, 5) is 0. The highest BCUT2D eigenvalue weighted by atomic mass is 16.3. The summed E-state index contributed by atoms with van der Waals surface area (Å²) in [5.74, 6) is 2.45. The van der Waals surface area contributed by atoms with Gasteiger partial charge in [0.1, 0.15) is 0 Å². The molecule has 0 spiro atoms. The van der Waals surface area contributed by atoms with Gasteiger partial charge < -0.3 is 5.11 Å². The monoisotopic (exact) mass is 174 g/mol. The number of aryl methyl sites for hydroxylation is 1. The number of hydrogen-bond acceptors (Lipinski definition) is 1. The van der Waals surface area contributed by atoms with E-state index in [0.717, 1.165) is 12.8 Å². The van der Waals surface area contributed by atoms with E-state index >= 15 is 0 Å². The Morgan fingerprint density at radius 3 is 2.62 bits per heavy atom. The van der Waals surface area contributed by atoms with Gasteiger partial charge >= 0.3 is 0 Å². The van der Waals surface area contributed by atoms with Crippen molar-refractivity contribution in [2.75, 3.05) is 0 Å². The summed E-state index contributed by atoms with van der Waals surface area (Å²) in [6.07, 6.45) is 6.82. The number of rotatable bonds is 4. The van der Waals surface area contributed by atoms with E-state index in [1.807, 2.05) is 18.2 Å². The molecule has 1 aromatic rings. The summed E-state index contributed by atoms with van der Waals surface area (Å²) in [7, 11) is 0. The lowest BCUT2D eigenvalue weighted by Crippen LogP contribution is -2.06. The third-order valence-electron chi connectivity index (χ3n) is 1.96. The normalized spacial score (nSPS) is 12.0. The summed E-state index contributed by atoms with van der Waals surface area (Å²) >= 11 is 0. The summed E-state index contributed by atoms with van der Waals surface area (Å²) in [5.41, 5.74) is 1.25. The summed E-state index contributed by atoms with van der Waals surface area (Å²) < 4.78 is 0. The Hall–Kier alpha value is -1.26. The molecule has 0 heterocycles. The molecule has 0 unspecified atom stereocenters. The van der Waals surface area contributed by atoms with Crippen LogP contribution in [0.15, 0.2) is 30.3 Å². The van der Waals surface area contributed by atoms with Crippen LogP contribution in [0.25, 0.3) is 0 Å². The van der Waals surface area contributed by atoms with Crippen molar-refractivity contribution in [1.29, 1.82) is 0 Å². The zero-order valence-electron chi connectivity index (χ0n) is 7.61. The molecule has 0 aliphatic rings. The van der Waals surface area contributed by atoms with Crippen LogP contribution >= 0.6 is 0 Å². The van der Waals surface area contributed by atoms with Crippen LogP contribution in [0.4, 0.5) is 0 Å². The van der Waals surface area contributed by atoms with Gasteiger partial charge in [-0.25, -0.2) is 0 Å². The van der Waals surface area contributed by atoms with E-state index in [-0.39, 0.29) is 6.10 Å². The highest BCUT2D eigenvalue weighted by Crippen LogP contribution is 2.06. The Morgan fingerprint density at radius 1 is 1.31 bits per heavy atom. The van der Waals surface area contributed by atoms with E-state index in [1.54, 1.807) is 0 Å². The second kappa shape index (κ2) is 5.40. The van der Waals surface area contributed by atoms with Crippen LogP contribution in [-0.4, -0.2) is 11.2 Å². The van der Waals surface area contributed by atoms with Gasteiger partial charge in [0.05, 0.1) is 6.10 Å². The Morgan fingerprint density at radius 2 is 2.00 bits per heavy atom. The first-order chi connectivity index (χ1) is 6.33. The van der Waals surface area contributed by atoms with Gasteiger partial charge in [0, 0.05) is 6.42 Å². The van der Waals surface area contributed by atoms with Crippen LogP contribution in [0.1, 0.15) is 18.4 Å². The lowest BCUT2D eigenvalue weighted by Gasteiger charge is -2.06. The second-order valence-corrected chi connectivity index (χ2v) is 3.09. The Labute approximate surface area is 79.4 Å². The zero-order valence-corrected chi connectivity index (χ0v) is 7.61. The lowest BCUT2D eigenvalue weighted by atomic mass is 10.1. The Kier molecular flexibility index (Phi) is 4.08. The molecule has 0 amide bonds. The molecule has 1 N–H and O–H groups in total. The maximum Gasteiger partial charge on any atom is 0.0652 e. The number of aliphatic hydroxyl groups is 1. The first-order valence-electron chi connectivity index (χ1n) is 4.48. The van der Waals surface area contributed by atoms with Crippen molar-refractivity contribution in [3.05, 3.63) is 35.9 Å². The number of hydrogen-bond donors (Lipinski definition) is 1. The molecular weight excluding hydrogens is 160 g/mol. The molecule has 13 heavy (non-hydrogen) atoms. The maximum absolute atomic E-state index is 9.37. The fourth-order valence-corrected chi connectivity index (χ4v) is 1.22. The minimum atomic E-state index is -0.356. The minimum absolute atomic E-state index is 0.356. The molecule has 0 fully saturated rings. The van der Waals surface area contributed by atoms with E-state index in [4.69, 9.17) is 6.42 Å². The van der Waals surface area contributed by atoms with E-state index < -0.39 is 0 Å². The van der Waals surface area contributed by atoms with E-state index in [0.29, 0.717) is 6.42 Å². The molecule has 0 saturated carbocycles. The van der Waals surface area contributed by atoms with Gasteiger partial charge in [0.25, 0.3) is 0 Å². The van der Waals surface area contributed by atoms with Crippen molar-refractivity contribution in [2.24, 2.45) is 0 Å². The summed E-state index contributed by atoms with van der Waals surface area (Å²) in [5, 5.41) is 9.37. The van der Waals surface area contributed by atoms with Crippen LogP contribution in [0.2, 0.25) is 0 Å². The highest BCUT2D eigenvalue weighted by molar-refractivity contribution is 5.14. The van der Waals surface area contributed by atoms with Crippen molar-refractivity contribution in [2.45, 2.75) is 25.4 Å². The molecule has 1 nitrogen and oxygen atoms in total. The molecule has 0 aliphatic heterocycles. The van der Waals surface area contributed by atoms with Crippen LogP contribution < -0.4 is 0 Å². The quantitative estimate of drug-likeness (QED) is 0.692. The molecule has 0 saturated heterocycles. The number of benzene rings is 1. The number of aliphatic hydroxyl groups excluding tert-OH is 1. The van der Waals surface area contributed by atoms with Gasteiger partial charge in [-0.05, 0) is 18.4 Å². The average molecular weight is 174 g/mol. The Balaban J connectivity index is 2.32. The predicted octanol–water partition coefficient (Wildman–Crippen LogP) is 2.00. The zero-order chi connectivity index (χ0) is 9.52. The summed E-state index contributed by atoms with van der Waals surface area (Å²) in [6, 6.07) is 10.1. The Bertz CT molecular complexity index is 271. The van der Waals surface area contributed by atoms with Crippen LogP contribution in [0.5, 0.6) is 0 Å². The molecule has 0 aromatic heterocycles. The van der Waals surface area contributed by atoms with Crippen LogP contribution in [0, 0.1) is 12.3 Å². The van der Waals surface area contributed by atoms with Gasteiger partial charge in [0.2, 0.25) is 0 Å². The van der Waals surface area contributed by atoms with Crippen LogP contribution in [-0.2, 0) is 6.42 Å². The smallest absolute Gasteiger partial charge is 0.0652 e. The molecule has 0 radical (unpaired) electrons. The molecular formula is C12H14O. The third kappa shape index (κ3) is 3.78. The van der Waals surface area contributed by atoms with Crippen molar-refractivity contribution < 1.29 is 5.11 Å². The largest absolute Gasteiger partial charge is 0.392 e. The van der Waals surface area contributed by atoms with E-state index in [9.17, 15) is 5.11 Å². The average Bonchev–Trinajstić information content (AvgIpc) is 2.17. The summed E-state index contributed by atoms with van der Waals surface area (Å²) in [6.45, 7) is 0. The minimum Gasteiger partial charge on any atom is -0.392 e. The molecule has 1 atom stereocenters.